The van der Waals surface area contributed by atoms with Gasteiger partial charge >= 0.3 is 0 Å². The largest absolute Gasteiger partial charge is 0.508 e. The molecule has 1 aromatic carbocycles. The van der Waals surface area contributed by atoms with Crippen molar-refractivity contribution in [1.29, 1.82) is 0 Å². The van der Waals surface area contributed by atoms with Crippen molar-refractivity contribution in [2.45, 2.75) is 50.0 Å². The lowest BCUT2D eigenvalue weighted by Gasteiger charge is -2.39. The van der Waals surface area contributed by atoms with Crippen LogP contribution in [0.5, 0.6) is 11.5 Å². The van der Waals surface area contributed by atoms with Crippen LogP contribution in [-0.2, 0) is 15.9 Å². The Bertz CT molecular complexity index is 521. The predicted octanol–water partition coefficient (Wildman–Crippen LogP) is -0.763. The number of aliphatic hydroxyl groups is 4. The van der Waals surface area contributed by atoms with Gasteiger partial charge in [0.1, 0.15) is 35.9 Å². The third-order valence-corrected chi connectivity index (χ3v) is 4.04. The van der Waals surface area contributed by atoms with Gasteiger partial charge in [-0.3, -0.25) is 0 Å². The van der Waals surface area contributed by atoms with Gasteiger partial charge in [0.25, 0.3) is 0 Å². The topological polar surface area (TPSA) is 140 Å². The molecule has 0 aliphatic carbocycles. The Morgan fingerprint density at radius 3 is 2.42 bits per heavy atom. The summed E-state index contributed by atoms with van der Waals surface area (Å²) in [6.45, 7) is -0.257. The van der Waals surface area contributed by atoms with Crippen LogP contribution in [0.15, 0.2) is 18.2 Å². The number of aliphatic hydroxyl groups excluding tert-OH is 4. The van der Waals surface area contributed by atoms with Crippen LogP contribution < -0.4 is 0 Å². The molecule has 136 valence electrons. The van der Waals surface area contributed by atoms with Crippen LogP contribution in [0, 0.1) is 0 Å². The van der Waals surface area contributed by atoms with Crippen molar-refractivity contribution in [3.05, 3.63) is 23.8 Å². The van der Waals surface area contributed by atoms with E-state index in [9.17, 15) is 25.5 Å². The van der Waals surface area contributed by atoms with Gasteiger partial charge in [-0.05, 0) is 30.9 Å². The molecule has 6 N–H and O–H groups in total. The number of phenolic OH excluding ortho intramolecular Hbond substituents is 2. The predicted molar refractivity (Wildman–Crippen MR) is 82.4 cm³/mol. The highest BCUT2D eigenvalue weighted by Gasteiger charge is 2.43. The second-order valence-corrected chi connectivity index (χ2v) is 5.84. The van der Waals surface area contributed by atoms with Gasteiger partial charge in [0.2, 0.25) is 0 Å². The molecular formula is C16H24O8. The first-order chi connectivity index (χ1) is 11.4. The summed E-state index contributed by atoms with van der Waals surface area (Å²) >= 11 is 0. The monoisotopic (exact) mass is 344 g/mol. The zero-order valence-electron chi connectivity index (χ0n) is 13.2. The van der Waals surface area contributed by atoms with E-state index in [4.69, 9.17) is 14.6 Å². The van der Waals surface area contributed by atoms with E-state index in [-0.39, 0.29) is 18.1 Å². The summed E-state index contributed by atoms with van der Waals surface area (Å²) in [5.41, 5.74) is 0.709. The average Bonchev–Trinajstić information content (AvgIpc) is 2.56. The first-order valence-electron chi connectivity index (χ1n) is 7.87. The van der Waals surface area contributed by atoms with E-state index < -0.39 is 37.3 Å². The number of aryl methyl sites for hydroxylation is 1. The quantitative estimate of drug-likeness (QED) is 0.355. The first kappa shape index (κ1) is 18.9. The molecule has 1 aromatic rings. The number of phenols is 2. The normalized spacial score (nSPS) is 30.4. The van der Waals surface area contributed by atoms with Gasteiger partial charge in [0.05, 0.1) is 6.61 Å². The highest BCUT2D eigenvalue weighted by Crippen LogP contribution is 2.25. The zero-order valence-corrected chi connectivity index (χ0v) is 13.2. The molecular weight excluding hydrogens is 320 g/mol. The lowest BCUT2D eigenvalue weighted by molar-refractivity contribution is -0.301. The summed E-state index contributed by atoms with van der Waals surface area (Å²) < 4.78 is 10.6. The van der Waals surface area contributed by atoms with Crippen LogP contribution in [0.2, 0.25) is 0 Å². The van der Waals surface area contributed by atoms with Crippen molar-refractivity contribution in [3.8, 4) is 11.5 Å². The standard InChI is InChI=1S/C16H24O8/c17-8-12-13(20)14(21)15(22)16(24-12)23-6-2-1-3-9-4-5-10(18)7-11(9)19/h4-5,7,12-22H,1-3,6,8H2/t12-,13-,14+,15-,16-/m1/s1. The van der Waals surface area contributed by atoms with Crippen molar-refractivity contribution in [2.75, 3.05) is 13.2 Å². The lowest BCUT2D eigenvalue weighted by atomic mass is 9.99. The number of ether oxygens (including phenoxy) is 2. The maximum atomic E-state index is 9.82. The van der Waals surface area contributed by atoms with Crippen LogP contribution in [-0.4, -0.2) is 74.6 Å². The fourth-order valence-corrected chi connectivity index (χ4v) is 2.59. The maximum Gasteiger partial charge on any atom is 0.186 e. The molecule has 5 atom stereocenters. The SMILES string of the molecule is OC[C@H]1O[C@@H](OCCCCc2ccc(O)cc2O)[C@H](O)[C@@H](O)[C@@H]1O. The Kier molecular flexibility index (Phi) is 6.79. The molecule has 1 aliphatic heterocycles. The molecule has 0 radical (unpaired) electrons. The number of hydrogen-bond donors (Lipinski definition) is 6. The van der Waals surface area contributed by atoms with Crippen molar-refractivity contribution >= 4 is 0 Å². The molecule has 1 saturated heterocycles. The van der Waals surface area contributed by atoms with Crippen LogP contribution in [0.4, 0.5) is 0 Å². The lowest BCUT2D eigenvalue weighted by Crippen LogP contribution is -2.59. The minimum Gasteiger partial charge on any atom is -0.508 e. The van der Waals surface area contributed by atoms with Gasteiger partial charge in [0, 0.05) is 12.7 Å². The fraction of sp³-hybridized carbons (Fsp3) is 0.625. The van der Waals surface area contributed by atoms with Crippen LogP contribution in [0.1, 0.15) is 18.4 Å². The van der Waals surface area contributed by atoms with Crippen LogP contribution in [0.25, 0.3) is 0 Å². The Morgan fingerprint density at radius 2 is 1.75 bits per heavy atom. The van der Waals surface area contributed by atoms with Gasteiger partial charge in [0.15, 0.2) is 6.29 Å². The molecule has 8 nitrogen and oxygen atoms in total. The van der Waals surface area contributed by atoms with E-state index in [2.05, 4.69) is 0 Å². The number of unbranched alkanes of at least 4 members (excludes halogenated alkanes) is 1. The highest BCUT2D eigenvalue weighted by molar-refractivity contribution is 5.38. The van der Waals surface area contributed by atoms with E-state index in [1.807, 2.05) is 0 Å². The Morgan fingerprint density at radius 1 is 1.00 bits per heavy atom. The van der Waals surface area contributed by atoms with Gasteiger partial charge in [-0.2, -0.15) is 0 Å². The third kappa shape index (κ3) is 4.56. The maximum absolute atomic E-state index is 9.82. The molecule has 0 aromatic heterocycles. The molecule has 0 spiro atoms. The van der Waals surface area contributed by atoms with Gasteiger partial charge in [-0.25, -0.2) is 0 Å². The van der Waals surface area contributed by atoms with Gasteiger partial charge in [-0.1, -0.05) is 6.07 Å². The third-order valence-electron chi connectivity index (χ3n) is 4.04. The zero-order chi connectivity index (χ0) is 17.7. The molecule has 2 rings (SSSR count). The smallest absolute Gasteiger partial charge is 0.186 e. The van der Waals surface area contributed by atoms with E-state index >= 15 is 0 Å². The molecule has 8 heteroatoms. The molecule has 0 saturated carbocycles. The molecule has 24 heavy (non-hydrogen) atoms. The van der Waals surface area contributed by atoms with Crippen LogP contribution >= 0.6 is 0 Å². The summed E-state index contributed by atoms with van der Waals surface area (Å²) in [5.74, 6) is 0.0343. The molecule has 1 aliphatic rings. The number of hydrogen-bond acceptors (Lipinski definition) is 8. The van der Waals surface area contributed by atoms with Gasteiger partial charge in [-0.15, -0.1) is 0 Å². The van der Waals surface area contributed by atoms with Crippen molar-refractivity contribution in [1.82, 2.24) is 0 Å². The molecule has 0 amide bonds. The van der Waals surface area contributed by atoms with Gasteiger partial charge < -0.3 is 40.1 Å². The Balaban J connectivity index is 1.73. The Hall–Kier alpha value is -1.42. The Labute approximate surface area is 139 Å². The molecule has 0 bridgehead atoms. The number of aromatic hydroxyl groups is 2. The minimum atomic E-state index is -1.45. The van der Waals surface area contributed by atoms with Crippen molar-refractivity contribution < 1.29 is 40.1 Å². The minimum absolute atomic E-state index is 0.00204. The molecule has 1 heterocycles. The summed E-state index contributed by atoms with van der Waals surface area (Å²) in [5, 5.41) is 57.1. The second kappa shape index (κ2) is 8.61. The second-order valence-electron chi connectivity index (χ2n) is 5.84. The first-order valence-corrected chi connectivity index (χ1v) is 7.87. The van der Waals surface area contributed by atoms with Crippen molar-refractivity contribution in [3.63, 3.8) is 0 Å². The van der Waals surface area contributed by atoms with E-state index in [0.29, 0.717) is 24.8 Å². The van der Waals surface area contributed by atoms with E-state index in [1.54, 1.807) is 6.07 Å². The summed E-state index contributed by atoms with van der Waals surface area (Å²) in [7, 11) is 0. The number of rotatable bonds is 7. The summed E-state index contributed by atoms with van der Waals surface area (Å²) in [4.78, 5) is 0. The fourth-order valence-electron chi connectivity index (χ4n) is 2.59. The molecule has 1 fully saturated rings. The summed E-state index contributed by atoms with van der Waals surface area (Å²) in [6.07, 6.45) is -4.47. The molecule has 0 unspecified atom stereocenters. The summed E-state index contributed by atoms with van der Waals surface area (Å²) in [6, 6.07) is 4.42. The number of benzene rings is 1. The highest BCUT2D eigenvalue weighted by atomic mass is 16.7. The van der Waals surface area contributed by atoms with Crippen LogP contribution in [0.3, 0.4) is 0 Å². The average molecular weight is 344 g/mol. The van der Waals surface area contributed by atoms with E-state index in [1.165, 1.54) is 12.1 Å². The van der Waals surface area contributed by atoms with E-state index in [0.717, 1.165) is 0 Å². The van der Waals surface area contributed by atoms with Crippen molar-refractivity contribution in [2.24, 2.45) is 0 Å².